The number of fused-ring (bicyclic) bond motifs is 1. The van der Waals surface area contributed by atoms with E-state index < -0.39 is 9.84 Å². The van der Waals surface area contributed by atoms with Crippen molar-refractivity contribution in [2.45, 2.75) is 10.9 Å². The molecule has 0 radical (unpaired) electrons. The molecule has 0 saturated carbocycles. The first-order valence-corrected chi connectivity index (χ1v) is 9.32. The van der Waals surface area contributed by atoms with Crippen LogP contribution in [-0.4, -0.2) is 25.8 Å². The number of benzene rings is 2. The zero-order chi connectivity index (χ0) is 15.4. The average molecular weight is 333 g/mol. The first-order chi connectivity index (χ1) is 10.6. The molecular weight excluding hydrogens is 318 g/mol. The molecule has 4 nitrogen and oxygen atoms in total. The third-order valence-corrected chi connectivity index (χ3v) is 6.32. The number of rotatable bonds is 6. The molecule has 0 aliphatic rings. The Bertz CT molecular complexity index is 824. The molecule has 0 atom stereocenters. The van der Waals surface area contributed by atoms with Crippen LogP contribution in [0.2, 0.25) is 0 Å². The minimum absolute atomic E-state index is 0.0559. The lowest BCUT2D eigenvalue weighted by atomic mass is 10.2. The quantitative estimate of drug-likeness (QED) is 0.650. The fourth-order valence-corrected chi connectivity index (χ4v) is 4.48. The van der Waals surface area contributed by atoms with Crippen LogP contribution >= 0.6 is 11.3 Å². The molecule has 0 unspecified atom stereocenters. The van der Waals surface area contributed by atoms with Crippen LogP contribution in [0, 0.1) is 0 Å². The van der Waals surface area contributed by atoms with Crippen molar-refractivity contribution >= 4 is 31.4 Å². The van der Waals surface area contributed by atoms with Crippen molar-refractivity contribution in [1.82, 2.24) is 4.98 Å². The Morgan fingerprint density at radius 1 is 1.00 bits per heavy atom. The van der Waals surface area contributed by atoms with Gasteiger partial charge in [0.05, 0.1) is 29.2 Å². The largest absolute Gasteiger partial charge is 0.376 e. The summed E-state index contributed by atoms with van der Waals surface area (Å²) < 4.78 is 31.1. The van der Waals surface area contributed by atoms with Crippen molar-refractivity contribution in [2.75, 3.05) is 12.4 Å². The summed E-state index contributed by atoms with van der Waals surface area (Å²) in [7, 11) is -3.39. The van der Waals surface area contributed by atoms with E-state index in [0.29, 0.717) is 6.61 Å². The number of nitrogens with zero attached hydrogens (tertiary/aromatic N) is 1. The molecule has 6 heteroatoms. The van der Waals surface area contributed by atoms with Crippen molar-refractivity contribution in [3.8, 4) is 0 Å². The molecule has 1 aromatic heterocycles. The topological polar surface area (TPSA) is 56.3 Å². The maximum Gasteiger partial charge on any atom is 0.210 e. The summed E-state index contributed by atoms with van der Waals surface area (Å²) >= 11 is 1.20. The lowest BCUT2D eigenvalue weighted by Gasteiger charge is -2.04. The van der Waals surface area contributed by atoms with Crippen molar-refractivity contribution in [3.63, 3.8) is 0 Å². The summed E-state index contributed by atoms with van der Waals surface area (Å²) in [5, 5.41) is 0. The summed E-state index contributed by atoms with van der Waals surface area (Å²) in [6.07, 6.45) is 0. The SMILES string of the molecule is O=S(=O)(CCOCc1ccccc1)c1nc2ccccc2s1. The Labute approximate surface area is 133 Å². The van der Waals surface area contributed by atoms with Crippen LogP contribution in [0.5, 0.6) is 0 Å². The lowest BCUT2D eigenvalue weighted by molar-refractivity contribution is 0.135. The number of hydrogen-bond acceptors (Lipinski definition) is 5. The molecule has 0 fully saturated rings. The number of para-hydroxylation sites is 1. The van der Waals surface area contributed by atoms with E-state index in [4.69, 9.17) is 4.74 Å². The smallest absolute Gasteiger partial charge is 0.210 e. The molecule has 0 N–H and O–H groups in total. The van der Waals surface area contributed by atoms with Gasteiger partial charge in [0.25, 0.3) is 0 Å². The number of ether oxygens (including phenoxy) is 1. The van der Waals surface area contributed by atoms with Crippen LogP contribution in [0.15, 0.2) is 58.9 Å². The molecule has 2 aromatic carbocycles. The van der Waals surface area contributed by atoms with Gasteiger partial charge in [0.2, 0.25) is 14.2 Å². The van der Waals surface area contributed by atoms with Gasteiger partial charge in [-0.25, -0.2) is 13.4 Å². The van der Waals surface area contributed by atoms with E-state index >= 15 is 0 Å². The molecule has 3 rings (SSSR count). The fraction of sp³-hybridized carbons (Fsp3) is 0.188. The molecule has 0 spiro atoms. The monoisotopic (exact) mass is 333 g/mol. The second-order valence-electron chi connectivity index (χ2n) is 4.80. The van der Waals surface area contributed by atoms with E-state index in [-0.39, 0.29) is 16.7 Å². The summed E-state index contributed by atoms with van der Waals surface area (Å²) in [4.78, 5) is 4.20. The van der Waals surface area contributed by atoms with Crippen molar-refractivity contribution in [1.29, 1.82) is 0 Å². The normalized spacial score (nSPS) is 11.8. The van der Waals surface area contributed by atoms with Crippen LogP contribution in [0.3, 0.4) is 0 Å². The van der Waals surface area contributed by atoms with Gasteiger partial charge in [-0.3, -0.25) is 0 Å². The molecule has 3 aromatic rings. The first-order valence-electron chi connectivity index (χ1n) is 6.85. The van der Waals surface area contributed by atoms with Crippen LogP contribution in [0.1, 0.15) is 5.56 Å². The molecule has 22 heavy (non-hydrogen) atoms. The molecule has 0 saturated heterocycles. The zero-order valence-corrected chi connectivity index (χ0v) is 13.4. The average Bonchev–Trinajstić information content (AvgIpc) is 2.98. The van der Waals surface area contributed by atoms with Crippen LogP contribution in [0.25, 0.3) is 10.2 Å². The highest BCUT2D eigenvalue weighted by atomic mass is 32.2. The molecular formula is C16H15NO3S2. The summed E-state index contributed by atoms with van der Waals surface area (Å²) in [6, 6.07) is 17.1. The Morgan fingerprint density at radius 3 is 2.50 bits per heavy atom. The van der Waals surface area contributed by atoms with Crippen molar-refractivity contribution < 1.29 is 13.2 Å². The standard InChI is InChI=1S/C16H15NO3S2/c18-22(19,11-10-20-12-13-6-2-1-3-7-13)16-17-14-8-4-5-9-15(14)21-16/h1-9H,10-12H2. The van der Waals surface area contributed by atoms with Gasteiger partial charge in [0.1, 0.15) is 0 Å². The van der Waals surface area contributed by atoms with Crippen molar-refractivity contribution in [2.24, 2.45) is 0 Å². The minimum atomic E-state index is -3.39. The molecule has 0 amide bonds. The second-order valence-corrected chi connectivity index (χ2v) is 8.12. The molecule has 0 bridgehead atoms. The summed E-state index contributed by atoms with van der Waals surface area (Å²) in [5.41, 5.74) is 1.75. The Morgan fingerprint density at radius 2 is 1.73 bits per heavy atom. The van der Waals surface area contributed by atoms with Gasteiger partial charge in [0, 0.05) is 0 Å². The third kappa shape index (κ3) is 3.52. The molecule has 0 aliphatic carbocycles. The number of sulfone groups is 1. The number of hydrogen-bond donors (Lipinski definition) is 0. The van der Waals surface area contributed by atoms with Gasteiger partial charge in [0.15, 0.2) is 0 Å². The Balaban J connectivity index is 1.61. The maximum atomic E-state index is 12.3. The van der Waals surface area contributed by atoms with Gasteiger partial charge < -0.3 is 4.74 Å². The van der Waals surface area contributed by atoms with E-state index in [1.165, 1.54) is 11.3 Å². The van der Waals surface area contributed by atoms with Gasteiger partial charge >= 0.3 is 0 Å². The first kappa shape index (κ1) is 15.1. The van der Waals surface area contributed by atoms with E-state index in [0.717, 1.165) is 15.8 Å². The van der Waals surface area contributed by atoms with Crippen LogP contribution < -0.4 is 0 Å². The Kier molecular flexibility index (Phi) is 4.52. The van der Waals surface area contributed by atoms with E-state index in [1.807, 2.05) is 54.6 Å². The van der Waals surface area contributed by atoms with Gasteiger partial charge in [-0.2, -0.15) is 0 Å². The summed E-state index contributed by atoms with van der Waals surface area (Å²) in [5.74, 6) is -0.0559. The zero-order valence-electron chi connectivity index (χ0n) is 11.8. The Hall–Kier alpha value is -1.76. The van der Waals surface area contributed by atoms with E-state index in [9.17, 15) is 8.42 Å². The predicted octanol–water partition coefficient (Wildman–Crippen LogP) is 3.29. The van der Waals surface area contributed by atoms with E-state index in [1.54, 1.807) is 0 Å². The number of aromatic nitrogens is 1. The highest BCUT2D eigenvalue weighted by Crippen LogP contribution is 2.25. The molecule has 0 aliphatic heterocycles. The predicted molar refractivity (Wildman–Crippen MR) is 87.8 cm³/mol. The van der Waals surface area contributed by atoms with Crippen molar-refractivity contribution in [3.05, 3.63) is 60.2 Å². The second kappa shape index (κ2) is 6.56. The summed E-state index contributed by atoms with van der Waals surface area (Å²) in [6.45, 7) is 0.573. The minimum Gasteiger partial charge on any atom is -0.376 e. The highest BCUT2D eigenvalue weighted by Gasteiger charge is 2.19. The van der Waals surface area contributed by atoms with Gasteiger partial charge in [-0.15, -0.1) is 11.3 Å². The maximum absolute atomic E-state index is 12.3. The van der Waals surface area contributed by atoms with E-state index in [2.05, 4.69) is 4.98 Å². The van der Waals surface area contributed by atoms with Gasteiger partial charge in [-0.05, 0) is 17.7 Å². The highest BCUT2D eigenvalue weighted by molar-refractivity contribution is 7.93. The van der Waals surface area contributed by atoms with Crippen LogP contribution in [-0.2, 0) is 21.2 Å². The number of thiazole rings is 1. The third-order valence-electron chi connectivity index (χ3n) is 3.15. The lowest BCUT2D eigenvalue weighted by Crippen LogP contribution is -2.12. The van der Waals surface area contributed by atoms with Crippen LogP contribution in [0.4, 0.5) is 0 Å². The molecule has 114 valence electrons. The molecule has 1 heterocycles. The van der Waals surface area contributed by atoms with Gasteiger partial charge in [-0.1, -0.05) is 42.5 Å². The fourth-order valence-electron chi connectivity index (χ4n) is 2.00.